The highest BCUT2D eigenvalue weighted by Crippen LogP contribution is 2.29. The second-order valence-corrected chi connectivity index (χ2v) is 8.13. The summed E-state index contributed by atoms with van der Waals surface area (Å²) < 4.78 is 1.85. The van der Waals surface area contributed by atoms with Gasteiger partial charge in [-0.05, 0) is 43.9 Å². The summed E-state index contributed by atoms with van der Waals surface area (Å²) in [6.07, 6.45) is 7.66. The van der Waals surface area contributed by atoms with Gasteiger partial charge < -0.3 is 5.32 Å². The van der Waals surface area contributed by atoms with E-state index in [9.17, 15) is 4.79 Å². The van der Waals surface area contributed by atoms with Crippen molar-refractivity contribution >= 4 is 5.91 Å². The van der Waals surface area contributed by atoms with Crippen molar-refractivity contribution in [3.63, 3.8) is 0 Å². The first-order chi connectivity index (χ1) is 14.2. The molecular formula is C25H29N3O. The molecule has 150 valence electrons. The van der Waals surface area contributed by atoms with Gasteiger partial charge in [0.2, 0.25) is 0 Å². The van der Waals surface area contributed by atoms with E-state index in [1.54, 1.807) is 0 Å². The van der Waals surface area contributed by atoms with E-state index in [4.69, 9.17) is 0 Å². The minimum atomic E-state index is -0.101. The molecule has 3 aromatic rings. The zero-order valence-electron chi connectivity index (χ0n) is 17.1. The average Bonchev–Trinajstić information content (AvgIpc) is 3.44. The zero-order chi connectivity index (χ0) is 20.1. The molecule has 1 heterocycles. The predicted molar refractivity (Wildman–Crippen MR) is 117 cm³/mol. The lowest BCUT2D eigenvalue weighted by Gasteiger charge is -2.15. The molecule has 1 saturated carbocycles. The van der Waals surface area contributed by atoms with Gasteiger partial charge in [-0.15, -0.1) is 0 Å². The number of carbonyl (C=O) groups excluding carboxylic acids is 1. The molecule has 1 aliphatic rings. The number of rotatable bonds is 7. The molecule has 0 saturated heterocycles. The first-order valence-electron chi connectivity index (χ1n) is 10.7. The predicted octanol–water partition coefficient (Wildman–Crippen LogP) is 5.63. The van der Waals surface area contributed by atoms with E-state index in [1.807, 2.05) is 71.4 Å². The smallest absolute Gasteiger partial charge is 0.272 e. The molecule has 0 spiro atoms. The fourth-order valence-electron chi connectivity index (χ4n) is 4.23. The van der Waals surface area contributed by atoms with E-state index >= 15 is 0 Å². The van der Waals surface area contributed by atoms with Gasteiger partial charge in [-0.2, -0.15) is 5.10 Å². The molecule has 1 aromatic heterocycles. The van der Waals surface area contributed by atoms with Crippen LogP contribution in [0.3, 0.4) is 0 Å². The first kappa shape index (κ1) is 19.4. The Labute approximate surface area is 173 Å². The second-order valence-electron chi connectivity index (χ2n) is 8.13. The largest absolute Gasteiger partial charge is 0.348 e. The summed E-state index contributed by atoms with van der Waals surface area (Å²) in [6.45, 7) is 2.10. The maximum absolute atomic E-state index is 12.9. The SMILES string of the molecule is CC(CCC1CCCC1)NC(=O)c1cc(-c2ccccc2)n(-c2ccccc2)n1. The Morgan fingerprint density at radius 1 is 1.07 bits per heavy atom. The van der Waals surface area contributed by atoms with E-state index in [0.717, 1.165) is 29.3 Å². The number of para-hydroxylation sites is 1. The van der Waals surface area contributed by atoms with E-state index in [2.05, 4.69) is 17.3 Å². The Hall–Kier alpha value is -2.88. The fourth-order valence-corrected chi connectivity index (χ4v) is 4.23. The maximum Gasteiger partial charge on any atom is 0.272 e. The Kier molecular flexibility index (Phi) is 6.09. The Bertz CT molecular complexity index is 870. The van der Waals surface area contributed by atoms with E-state index in [-0.39, 0.29) is 11.9 Å². The summed E-state index contributed by atoms with van der Waals surface area (Å²) in [7, 11) is 0. The van der Waals surface area contributed by atoms with Crippen LogP contribution >= 0.6 is 0 Å². The molecule has 2 aromatic carbocycles. The molecule has 0 radical (unpaired) electrons. The van der Waals surface area contributed by atoms with Crippen LogP contribution in [0.1, 0.15) is 55.9 Å². The minimum absolute atomic E-state index is 0.101. The number of amides is 1. The molecule has 1 N–H and O–H groups in total. The summed E-state index contributed by atoms with van der Waals surface area (Å²) in [6, 6.07) is 22.1. The Morgan fingerprint density at radius 2 is 1.72 bits per heavy atom. The standard InChI is InChI=1S/C25H29N3O/c1-19(16-17-20-10-8-9-11-20)26-25(29)23-18-24(21-12-4-2-5-13-21)28(27-23)22-14-6-3-7-15-22/h2-7,12-15,18-20H,8-11,16-17H2,1H3,(H,26,29). The van der Waals surface area contributed by atoms with E-state index in [1.165, 1.54) is 32.1 Å². The number of carbonyl (C=O) groups is 1. The van der Waals surface area contributed by atoms with Crippen LogP contribution in [0.15, 0.2) is 66.7 Å². The number of hydrogen-bond acceptors (Lipinski definition) is 2. The number of nitrogens with one attached hydrogen (secondary N) is 1. The van der Waals surface area contributed by atoms with Gasteiger partial charge in [0.05, 0.1) is 11.4 Å². The molecule has 4 nitrogen and oxygen atoms in total. The van der Waals surface area contributed by atoms with E-state index < -0.39 is 0 Å². The summed E-state index contributed by atoms with van der Waals surface area (Å²) in [5.74, 6) is 0.743. The molecule has 1 atom stereocenters. The fraction of sp³-hybridized carbons (Fsp3) is 0.360. The lowest BCUT2D eigenvalue weighted by Crippen LogP contribution is -2.33. The van der Waals surface area contributed by atoms with Crippen molar-refractivity contribution in [3.05, 3.63) is 72.4 Å². The molecule has 4 heteroatoms. The Balaban J connectivity index is 1.52. The van der Waals surface area contributed by atoms with Gasteiger partial charge in [0, 0.05) is 11.6 Å². The lowest BCUT2D eigenvalue weighted by atomic mass is 9.99. The lowest BCUT2D eigenvalue weighted by molar-refractivity contribution is 0.0931. The van der Waals surface area contributed by atoms with Crippen molar-refractivity contribution in [3.8, 4) is 16.9 Å². The van der Waals surface area contributed by atoms with Gasteiger partial charge in [0.15, 0.2) is 5.69 Å². The van der Waals surface area contributed by atoms with Crippen molar-refractivity contribution < 1.29 is 4.79 Å². The molecule has 1 aliphatic carbocycles. The van der Waals surface area contributed by atoms with Crippen LogP contribution < -0.4 is 5.32 Å². The van der Waals surface area contributed by atoms with Crippen LogP contribution in [0.25, 0.3) is 16.9 Å². The highest BCUT2D eigenvalue weighted by molar-refractivity contribution is 5.93. The van der Waals surface area contributed by atoms with Crippen molar-refractivity contribution in [2.24, 2.45) is 5.92 Å². The van der Waals surface area contributed by atoms with Gasteiger partial charge >= 0.3 is 0 Å². The van der Waals surface area contributed by atoms with Gasteiger partial charge in [0.1, 0.15) is 0 Å². The summed E-state index contributed by atoms with van der Waals surface area (Å²) >= 11 is 0. The third kappa shape index (κ3) is 4.76. The third-order valence-electron chi connectivity index (χ3n) is 5.87. The van der Waals surface area contributed by atoms with Crippen LogP contribution in [-0.2, 0) is 0 Å². The molecule has 1 unspecified atom stereocenters. The van der Waals surface area contributed by atoms with Crippen LogP contribution in [0.2, 0.25) is 0 Å². The van der Waals surface area contributed by atoms with Crippen molar-refractivity contribution in [2.45, 2.75) is 51.5 Å². The highest BCUT2D eigenvalue weighted by Gasteiger charge is 2.20. The van der Waals surface area contributed by atoms with E-state index in [0.29, 0.717) is 5.69 Å². The van der Waals surface area contributed by atoms with Crippen LogP contribution in [0, 0.1) is 5.92 Å². The third-order valence-corrected chi connectivity index (χ3v) is 5.87. The summed E-state index contributed by atoms with van der Waals surface area (Å²) in [5, 5.41) is 7.80. The minimum Gasteiger partial charge on any atom is -0.348 e. The summed E-state index contributed by atoms with van der Waals surface area (Å²) in [5.41, 5.74) is 3.36. The molecule has 29 heavy (non-hydrogen) atoms. The molecular weight excluding hydrogens is 358 g/mol. The van der Waals surface area contributed by atoms with Gasteiger partial charge in [-0.1, -0.05) is 74.2 Å². The maximum atomic E-state index is 12.9. The van der Waals surface area contributed by atoms with Crippen LogP contribution in [-0.4, -0.2) is 21.7 Å². The first-order valence-corrected chi connectivity index (χ1v) is 10.7. The number of benzene rings is 2. The molecule has 1 fully saturated rings. The summed E-state index contributed by atoms with van der Waals surface area (Å²) in [4.78, 5) is 12.9. The molecule has 1 amide bonds. The molecule has 0 bridgehead atoms. The normalized spacial score (nSPS) is 15.3. The van der Waals surface area contributed by atoms with Gasteiger partial charge in [-0.3, -0.25) is 4.79 Å². The topological polar surface area (TPSA) is 46.9 Å². The van der Waals surface area contributed by atoms with Crippen molar-refractivity contribution in [1.82, 2.24) is 15.1 Å². The second kappa shape index (κ2) is 9.08. The van der Waals surface area contributed by atoms with Gasteiger partial charge in [0.25, 0.3) is 5.91 Å². The number of nitrogens with zero attached hydrogens (tertiary/aromatic N) is 2. The highest BCUT2D eigenvalue weighted by atomic mass is 16.2. The van der Waals surface area contributed by atoms with Crippen LogP contribution in [0.5, 0.6) is 0 Å². The average molecular weight is 388 g/mol. The molecule has 0 aliphatic heterocycles. The van der Waals surface area contributed by atoms with Crippen molar-refractivity contribution in [2.75, 3.05) is 0 Å². The molecule has 4 rings (SSSR count). The zero-order valence-corrected chi connectivity index (χ0v) is 17.1. The van der Waals surface area contributed by atoms with Crippen LogP contribution in [0.4, 0.5) is 0 Å². The van der Waals surface area contributed by atoms with Crippen molar-refractivity contribution in [1.29, 1.82) is 0 Å². The number of hydrogen-bond donors (Lipinski definition) is 1. The monoisotopic (exact) mass is 387 g/mol. The van der Waals surface area contributed by atoms with Gasteiger partial charge in [-0.25, -0.2) is 4.68 Å². The quantitative estimate of drug-likeness (QED) is 0.571. The number of aromatic nitrogens is 2. The Morgan fingerprint density at radius 3 is 2.41 bits per heavy atom.